The molecule has 1 aromatic carbocycles. The molecule has 9 heteroatoms. The first-order valence-electron chi connectivity index (χ1n) is 8.98. The number of nitrogens with one attached hydrogen (secondary N) is 2. The Morgan fingerprint density at radius 1 is 1.19 bits per heavy atom. The van der Waals surface area contributed by atoms with Crippen molar-refractivity contribution in [3.8, 4) is 0 Å². The molecular weight excluding hydrogens is 392 g/mol. The van der Waals surface area contributed by atoms with Gasteiger partial charge in [-0.1, -0.05) is 31.4 Å². The summed E-state index contributed by atoms with van der Waals surface area (Å²) >= 11 is 5.73. The van der Waals surface area contributed by atoms with Crippen LogP contribution in [0.3, 0.4) is 0 Å². The number of carbonyl (C=O) groups excluding carboxylic acids is 2. The van der Waals surface area contributed by atoms with E-state index < -0.39 is 16.0 Å². The topological polar surface area (TPSA) is 102 Å². The quantitative estimate of drug-likeness (QED) is 0.633. The van der Waals surface area contributed by atoms with Crippen molar-refractivity contribution in [1.82, 2.24) is 10.0 Å². The van der Waals surface area contributed by atoms with Gasteiger partial charge < -0.3 is 10.1 Å². The molecule has 0 bridgehead atoms. The van der Waals surface area contributed by atoms with E-state index in [1.54, 1.807) is 0 Å². The monoisotopic (exact) mass is 416 g/mol. The lowest BCUT2D eigenvalue weighted by atomic mass is 9.86. The summed E-state index contributed by atoms with van der Waals surface area (Å²) in [6, 6.07) is 5.81. The molecule has 1 aliphatic rings. The lowest BCUT2D eigenvalue weighted by molar-refractivity contribution is -0.148. The number of ether oxygens (including phenoxy) is 1. The van der Waals surface area contributed by atoms with Crippen molar-refractivity contribution in [3.63, 3.8) is 0 Å². The summed E-state index contributed by atoms with van der Waals surface area (Å²) in [4.78, 5) is 23.7. The number of rotatable bonds is 8. The van der Waals surface area contributed by atoms with Gasteiger partial charge in [0.2, 0.25) is 10.0 Å². The van der Waals surface area contributed by atoms with Crippen LogP contribution in [0, 0.1) is 5.92 Å². The fourth-order valence-electron chi connectivity index (χ4n) is 2.98. The zero-order chi connectivity index (χ0) is 19.9. The second-order valence-electron chi connectivity index (χ2n) is 6.70. The van der Waals surface area contributed by atoms with Gasteiger partial charge in [-0.3, -0.25) is 9.59 Å². The van der Waals surface area contributed by atoms with Crippen molar-refractivity contribution in [3.05, 3.63) is 29.3 Å². The average molecular weight is 417 g/mol. The summed E-state index contributed by atoms with van der Waals surface area (Å²) < 4.78 is 31.4. The molecule has 0 aromatic heterocycles. The Labute approximate surface area is 164 Å². The second kappa shape index (κ2) is 10.1. The molecule has 2 rings (SSSR count). The first-order valence-corrected chi connectivity index (χ1v) is 10.8. The van der Waals surface area contributed by atoms with Crippen LogP contribution in [0.1, 0.15) is 39.0 Å². The van der Waals surface area contributed by atoms with Crippen LogP contribution in [0.2, 0.25) is 5.02 Å². The standard InChI is InChI=1S/C18H25ClN2O5S/c1-13-4-2-3-5-16(13)21-17(22)12-26-18(23)10-11-20-27(24,25)15-8-6-14(19)7-9-15/h6-9,13,16,20H,2-5,10-12H2,1H3,(H,21,22). The molecule has 0 radical (unpaired) electrons. The van der Waals surface area contributed by atoms with E-state index in [-0.39, 0.29) is 36.4 Å². The van der Waals surface area contributed by atoms with Crippen LogP contribution in [-0.2, 0) is 24.3 Å². The lowest BCUT2D eigenvalue weighted by Gasteiger charge is -2.29. The summed E-state index contributed by atoms with van der Waals surface area (Å²) in [5.74, 6) is -0.551. The third kappa shape index (κ3) is 7.12. The molecule has 1 saturated carbocycles. The van der Waals surface area contributed by atoms with Crippen LogP contribution in [0.25, 0.3) is 0 Å². The van der Waals surface area contributed by atoms with Crippen LogP contribution in [-0.4, -0.2) is 39.5 Å². The van der Waals surface area contributed by atoms with Gasteiger partial charge in [-0.25, -0.2) is 13.1 Å². The molecule has 27 heavy (non-hydrogen) atoms. The largest absolute Gasteiger partial charge is 0.456 e. The number of esters is 1. The zero-order valence-electron chi connectivity index (χ0n) is 15.2. The molecule has 2 N–H and O–H groups in total. The molecule has 0 saturated heterocycles. The molecule has 1 aromatic rings. The molecule has 1 aliphatic carbocycles. The molecule has 2 unspecified atom stereocenters. The molecule has 1 fully saturated rings. The molecule has 0 heterocycles. The fraction of sp³-hybridized carbons (Fsp3) is 0.556. The minimum atomic E-state index is -3.73. The number of halogens is 1. The van der Waals surface area contributed by atoms with E-state index in [9.17, 15) is 18.0 Å². The van der Waals surface area contributed by atoms with Crippen molar-refractivity contribution >= 4 is 33.5 Å². The Kier molecular flexibility index (Phi) is 8.07. The number of carbonyl (C=O) groups is 2. The van der Waals surface area contributed by atoms with Crippen LogP contribution in [0.5, 0.6) is 0 Å². The van der Waals surface area contributed by atoms with E-state index in [1.165, 1.54) is 30.7 Å². The normalized spacial score (nSPS) is 20.1. The summed E-state index contributed by atoms with van der Waals surface area (Å²) in [5, 5.41) is 3.32. The fourth-order valence-corrected chi connectivity index (χ4v) is 4.14. The van der Waals surface area contributed by atoms with E-state index in [0.717, 1.165) is 19.3 Å². The van der Waals surface area contributed by atoms with Crippen LogP contribution >= 0.6 is 11.6 Å². The minimum absolute atomic E-state index is 0.0567. The van der Waals surface area contributed by atoms with Crippen molar-refractivity contribution < 1.29 is 22.7 Å². The smallest absolute Gasteiger partial charge is 0.307 e. The van der Waals surface area contributed by atoms with E-state index in [0.29, 0.717) is 10.9 Å². The highest BCUT2D eigenvalue weighted by atomic mass is 35.5. The van der Waals surface area contributed by atoms with Gasteiger partial charge in [0.1, 0.15) is 0 Å². The lowest BCUT2D eigenvalue weighted by Crippen LogP contribution is -2.43. The van der Waals surface area contributed by atoms with Crippen molar-refractivity contribution in [2.45, 2.75) is 50.0 Å². The highest BCUT2D eigenvalue weighted by molar-refractivity contribution is 7.89. The second-order valence-corrected chi connectivity index (χ2v) is 8.90. The first-order chi connectivity index (χ1) is 12.8. The molecule has 7 nitrogen and oxygen atoms in total. The van der Waals surface area contributed by atoms with Crippen LogP contribution < -0.4 is 10.0 Å². The Balaban J connectivity index is 1.68. The van der Waals surface area contributed by atoms with Gasteiger partial charge in [0, 0.05) is 17.6 Å². The van der Waals surface area contributed by atoms with E-state index in [4.69, 9.17) is 16.3 Å². The predicted octanol–water partition coefficient (Wildman–Crippen LogP) is 2.25. The average Bonchev–Trinajstić information content (AvgIpc) is 2.62. The van der Waals surface area contributed by atoms with Crippen molar-refractivity contribution in [1.29, 1.82) is 0 Å². The Bertz CT molecular complexity index is 752. The molecule has 0 spiro atoms. The maximum Gasteiger partial charge on any atom is 0.307 e. The molecule has 1 amide bonds. The highest BCUT2D eigenvalue weighted by Gasteiger charge is 2.23. The van der Waals surface area contributed by atoms with Crippen molar-refractivity contribution in [2.24, 2.45) is 5.92 Å². The molecule has 150 valence electrons. The van der Waals surface area contributed by atoms with Gasteiger partial charge in [0.25, 0.3) is 5.91 Å². The van der Waals surface area contributed by atoms with E-state index >= 15 is 0 Å². The highest BCUT2D eigenvalue weighted by Crippen LogP contribution is 2.23. The van der Waals surface area contributed by atoms with Crippen LogP contribution in [0.15, 0.2) is 29.2 Å². The SMILES string of the molecule is CC1CCCCC1NC(=O)COC(=O)CCNS(=O)(=O)c1ccc(Cl)cc1. The Hall–Kier alpha value is -1.64. The Morgan fingerprint density at radius 2 is 1.85 bits per heavy atom. The van der Waals surface area contributed by atoms with Crippen LogP contribution in [0.4, 0.5) is 0 Å². The third-order valence-electron chi connectivity index (χ3n) is 4.57. The van der Waals surface area contributed by atoms with Gasteiger partial charge in [0.15, 0.2) is 6.61 Å². The zero-order valence-corrected chi connectivity index (χ0v) is 16.8. The van der Waals surface area contributed by atoms with Gasteiger partial charge in [-0.15, -0.1) is 0 Å². The Morgan fingerprint density at radius 3 is 2.52 bits per heavy atom. The van der Waals surface area contributed by atoms with Crippen molar-refractivity contribution in [2.75, 3.05) is 13.2 Å². The van der Waals surface area contributed by atoms with E-state index in [2.05, 4.69) is 17.0 Å². The number of sulfonamides is 1. The molecule has 0 aliphatic heterocycles. The number of hydrogen-bond donors (Lipinski definition) is 2. The first kappa shape index (κ1) is 21.7. The molecular formula is C18H25ClN2O5S. The van der Waals surface area contributed by atoms with E-state index in [1.807, 2.05) is 0 Å². The summed E-state index contributed by atoms with van der Waals surface area (Å²) in [6.45, 7) is 1.62. The van der Waals surface area contributed by atoms with Gasteiger partial charge in [-0.05, 0) is 43.0 Å². The number of amides is 1. The number of hydrogen-bond acceptors (Lipinski definition) is 5. The minimum Gasteiger partial charge on any atom is -0.456 e. The summed E-state index contributed by atoms with van der Waals surface area (Å²) in [6.07, 6.45) is 4.11. The predicted molar refractivity (Wildman–Crippen MR) is 102 cm³/mol. The summed E-state index contributed by atoms with van der Waals surface area (Å²) in [7, 11) is -3.73. The van der Waals surface area contributed by atoms with Gasteiger partial charge in [-0.2, -0.15) is 0 Å². The maximum atomic E-state index is 12.1. The van der Waals surface area contributed by atoms with Gasteiger partial charge in [0.05, 0.1) is 11.3 Å². The van der Waals surface area contributed by atoms with Gasteiger partial charge >= 0.3 is 5.97 Å². The summed E-state index contributed by atoms with van der Waals surface area (Å²) in [5.41, 5.74) is 0. The molecule has 2 atom stereocenters. The number of benzene rings is 1. The third-order valence-corrected chi connectivity index (χ3v) is 6.30. The maximum absolute atomic E-state index is 12.1.